The Hall–Kier alpha value is -1.75. The van der Waals surface area contributed by atoms with Gasteiger partial charge in [0.15, 0.2) is 0 Å². The number of nitrogens with one attached hydrogen (secondary N) is 1. The van der Waals surface area contributed by atoms with E-state index in [1.807, 2.05) is 0 Å². The van der Waals surface area contributed by atoms with E-state index < -0.39 is 6.10 Å². The smallest absolute Gasteiger partial charge is 0.253 e. The maximum atomic E-state index is 11.4. The van der Waals surface area contributed by atoms with Crippen LogP contribution in [0.4, 0.5) is 11.4 Å². The lowest BCUT2D eigenvalue weighted by molar-refractivity contribution is -0.124. The second-order valence-corrected chi connectivity index (χ2v) is 3.14. The first kappa shape index (κ1) is 11.3. The third-order valence-corrected chi connectivity index (χ3v) is 2.02. The molecule has 0 aliphatic heterocycles. The van der Waals surface area contributed by atoms with Crippen LogP contribution < -0.4 is 11.1 Å². The Kier molecular flexibility index (Phi) is 3.51. The van der Waals surface area contributed by atoms with Gasteiger partial charge in [0.2, 0.25) is 0 Å². The Balaban J connectivity index is 2.77. The number of phenols is 1. The Morgan fingerprint density at radius 1 is 1.60 bits per heavy atom. The fraction of sp³-hybridized carbons (Fsp3) is 0.300. The summed E-state index contributed by atoms with van der Waals surface area (Å²) in [4.78, 5) is 11.4. The highest BCUT2D eigenvalue weighted by molar-refractivity contribution is 5.96. The van der Waals surface area contributed by atoms with Gasteiger partial charge in [-0.2, -0.15) is 0 Å². The lowest BCUT2D eigenvalue weighted by Gasteiger charge is -2.12. The highest BCUT2D eigenvalue weighted by atomic mass is 16.5. The normalized spacial score (nSPS) is 12.1. The topological polar surface area (TPSA) is 84.6 Å². The molecule has 0 bridgehead atoms. The molecule has 1 rings (SSSR count). The van der Waals surface area contributed by atoms with E-state index in [-0.39, 0.29) is 11.7 Å². The molecule has 1 aromatic rings. The van der Waals surface area contributed by atoms with Gasteiger partial charge in [-0.3, -0.25) is 4.79 Å². The minimum Gasteiger partial charge on any atom is -0.508 e. The van der Waals surface area contributed by atoms with Crippen molar-refractivity contribution >= 4 is 17.3 Å². The summed E-state index contributed by atoms with van der Waals surface area (Å²) in [6.07, 6.45) is -0.543. The van der Waals surface area contributed by atoms with Gasteiger partial charge in [0.25, 0.3) is 5.91 Å². The zero-order valence-electron chi connectivity index (χ0n) is 8.65. The second-order valence-electron chi connectivity index (χ2n) is 3.14. The van der Waals surface area contributed by atoms with Crippen molar-refractivity contribution in [2.75, 3.05) is 18.2 Å². The SMILES string of the molecule is COC(C)C(=O)Nc1ccc(O)cc1N. The molecule has 1 unspecified atom stereocenters. The number of ether oxygens (including phenoxy) is 1. The summed E-state index contributed by atoms with van der Waals surface area (Å²) in [5.41, 5.74) is 6.37. The maximum absolute atomic E-state index is 11.4. The molecule has 5 heteroatoms. The Morgan fingerprint density at radius 2 is 2.27 bits per heavy atom. The van der Waals surface area contributed by atoms with Crippen LogP contribution in [0.1, 0.15) is 6.92 Å². The summed E-state index contributed by atoms with van der Waals surface area (Å²) in [6.45, 7) is 1.63. The predicted molar refractivity (Wildman–Crippen MR) is 57.6 cm³/mol. The molecule has 1 atom stereocenters. The van der Waals surface area contributed by atoms with Gasteiger partial charge in [-0.1, -0.05) is 0 Å². The summed E-state index contributed by atoms with van der Waals surface area (Å²) in [5, 5.41) is 11.7. The fourth-order valence-electron chi connectivity index (χ4n) is 1.01. The van der Waals surface area contributed by atoms with Crippen molar-refractivity contribution in [2.45, 2.75) is 13.0 Å². The van der Waals surface area contributed by atoms with Gasteiger partial charge in [-0.25, -0.2) is 0 Å². The third-order valence-electron chi connectivity index (χ3n) is 2.02. The van der Waals surface area contributed by atoms with Crippen molar-refractivity contribution < 1.29 is 14.6 Å². The number of phenolic OH excluding ortho intramolecular Hbond substituents is 1. The molecule has 0 spiro atoms. The number of methoxy groups -OCH3 is 1. The number of carbonyl (C=O) groups excluding carboxylic acids is 1. The minimum absolute atomic E-state index is 0.0605. The van der Waals surface area contributed by atoms with Gasteiger partial charge >= 0.3 is 0 Å². The van der Waals surface area contributed by atoms with Gasteiger partial charge < -0.3 is 20.9 Å². The Bertz CT molecular complexity index is 366. The van der Waals surface area contributed by atoms with Crippen LogP contribution in [0.2, 0.25) is 0 Å². The van der Waals surface area contributed by atoms with Crippen molar-refractivity contribution in [2.24, 2.45) is 0 Å². The largest absolute Gasteiger partial charge is 0.508 e. The van der Waals surface area contributed by atoms with Crippen LogP contribution in [0.5, 0.6) is 5.75 Å². The first-order chi connectivity index (χ1) is 7.04. The van der Waals surface area contributed by atoms with Crippen LogP contribution in [0.3, 0.4) is 0 Å². The number of carbonyl (C=O) groups is 1. The number of benzene rings is 1. The molecule has 1 amide bonds. The van der Waals surface area contributed by atoms with Crippen LogP contribution in [0, 0.1) is 0 Å². The lowest BCUT2D eigenvalue weighted by Crippen LogP contribution is -2.26. The summed E-state index contributed by atoms with van der Waals surface area (Å²) >= 11 is 0. The molecule has 0 aliphatic rings. The number of rotatable bonds is 3. The van der Waals surface area contributed by atoms with Gasteiger partial charge in [0.1, 0.15) is 11.9 Å². The summed E-state index contributed by atoms with van der Waals surface area (Å²) in [7, 11) is 1.45. The number of hydrogen-bond donors (Lipinski definition) is 3. The lowest BCUT2D eigenvalue weighted by atomic mass is 10.2. The monoisotopic (exact) mass is 210 g/mol. The van der Waals surface area contributed by atoms with E-state index in [2.05, 4.69) is 5.32 Å². The first-order valence-electron chi connectivity index (χ1n) is 4.46. The number of aromatic hydroxyl groups is 1. The molecule has 5 nitrogen and oxygen atoms in total. The number of anilines is 2. The summed E-state index contributed by atoms with van der Waals surface area (Å²) < 4.78 is 4.85. The quantitative estimate of drug-likeness (QED) is 0.512. The standard InChI is InChI=1S/C10H14N2O3/c1-6(15-2)10(14)12-9-4-3-7(13)5-8(9)11/h3-6,13H,11H2,1-2H3,(H,12,14). The molecule has 0 saturated heterocycles. The number of nitrogens with two attached hydrogens (primary N) is 1. The molecule has 0 saturated carbocycles. The van der Waals surface area contributed by atoms with Crippen LogP contribution in [0.25, 0.3) is 0 Å². The van der Waals surface area contributed by atoms with Crippen molar-refractivity contribution in [1.29, 1.82) is 0 Å². The predicted octanol–water partition coefficient (Wildman–Crippen LogP) is 0.948. The van der Waals surface area contributed by atoms with Gasteiger partial charge in [0.05, 0.1) is 11.4 Å². The van der Waals surface area contributed by atoms with Crippen molar-refractivity contribution in [3.63, 3.8) is 0 Å². The van der Waals surface area contributed by atoms with E-state index in [0.29, 0.717) is 11.4 Å². The molecule has 15 heavy (non-hydrogen) atoms. The van der Waals surface area contributed by atoms with E-state index in [0.717, 1.165) is 0 Å². The molecular formula is C10H14N2O3. The Labute approximate surface area is 87.9 Å². The molecule has 0 heterocycles. The second kappa shape index (κ2) is 4.65. The molecule has 82 valence electrons. The Morgan fingerprint density at radius 3 is 2.80 bits per heavy atom. The molecule has 1 aromatic carbocycles. The van der Waals surface area contributed by atoms with Crippen LogP contribution in [0.15, 0.2) is 18.2 Å². The number of hydrogen-bond acceptors (Lipinski definition) is 4. The zero-order valence-corrected chi connectivity index (χ0v) is 8.65. The highest BCUT2D eigenvalue weighted by Crippen LogP contribution is 2.23. The molecule has 0 radical (unpaired) electrons. The average Bonchev–Trinajstić information content (AvgIpc) is 2.20. The minimum atomic E-state index is -0.543. The summed E-state index contributed by atoms with van der Waals surface area (Å²) in [6, 6.07) is 4.35. The summed E-state index contributed by atoms with van der Waals surface area (Å²) in [5.74, 6) is -0.222. The van der Waals surface area contributed by atoms with Crippen molar-refractivity contribution in [1.82, 2.24) is 0 Å². The maximum Gasteiger partial charge on any atom is 0.253 e. The molecule has 0 fully saturated rings. The van der Waals surface area contributed by atoms with Crippen LogP contribution in [-0.2, 0) is 9.53 Å². The van der Waals surface area contributed by atoms with Gasteiger partial charge in [0, 0.05) is 13.2 Å². The zero-order chi connectivity index (χ0) is 11.4. The van der Waals surface area contributed by atoms with Crippen molar-refractivity contribution in [3.05, 3.63) is 18.2 Å². The van der Waals surface area contributed by atoms with E-state index in [4.69, 9.17) is 15.6 Å². The molecule has 0 aliphatic carbocycles. The third kappa shape index (κ3) is 2.85. The van der Waals surface area contributed by atoms with Crippen LogP contribution >= 0.6 is 0 Å². The average molecular weight is 210 g/mol. The van der Waals surface area contributed by atoms with E-state index >= 15 is 0 Å². The van der Waals surface area contributed by atoms with E-state index in [1.54, 1.807) is 6.92 Å². The fourth-order valence-corrected chi connectivity index (χ4v) is 1.01. The number of nitrogen functional groups attached to an aromatic ring is 1. The van der Waals surface area contributed by atoms with Gasteiger partial charge in [-0.05, 0) is 19.1 Å². The molecule has 0 aromatic heterocycles. The van der Waals surface area contributed by atoms with Crippen molar-refractivity contribution in [3.8, 4) is 5.75 Å². The van der Waals surface area contributed by atoms with E-state index in [1.165, 1.54) is 25.3 Å². The van der Waals surface area contributed by atoms with Crippen LogP contribution in [-0.4, -0.2) is 24.2 Å². The van der Waals surface area contributed by atoms with Gasteiger partial charge in [-0.15, -0.1) is 0 Å². The molecule has 4 N–H and O–H groups in total. The molecular weight excluding hydrogens is 196 g/mol. The number of amides is 1. The first-order valence-corrected chi connectivity index (χ1v) is 4.46. The highest BCUT2D eigenvalue weighted by Gasteiger charge is 2.12. The van der Waals surface area contributed by atoms with E-state index in [9.17, 15) is 4.79 Å².